The highest BCUT2D eigenvalue weighted by Gasteiger charge is 2.25. The smallest absolute Gasteiger partial charge is 0.147 e. The summed E-state index contributed by atoms with van der Waals surface area (Å²) in [5, 5.41) is 19.2. The molecule has 0 saturated heterocycles. The van der Waals surface area contributed by atoms with Gasteiger partial charge in [0.2, 0.25) is 0 Å². The first-order valence-electron chi connectivity index (χ1n) is 9.82. The Morgan fingerprint density at radius 2 is 1.74 bits per heavy atom. The molecule has 5 nitrogen and oxygen atoms in total. The standard InChI is InChI=1S/C24H23N3O2S2/c1-24(25,16-28)23-27-26-22(31-23)18-10-12-20(13-11-18)30-21-9-5-8-19(14-21)29-15-17-6-3-2-4-7-17/h2-14,28H,15-16,25H2,1H3/t24-/m0/s1. The maximum atomic E-state index is 9.42. The number of rotatable bonds is 8. The van der Waals surface area contributed by atoms with Gasteiger partial charge in [-0.2, -0.15) is 0 Å². The minimum absolute atomic E-state index is 0.175. The van der Waals surface area contributed by atoms with E-state index in [4.69, 9.17) is 10.5 Å². The molecular weight excluding hydrogens is 426 g/mol. The first-order chi connectivity index (χ1) is 15.0. The minimum atomic E-state index is -0.876. The van der Waals surface area contributed by atoms with E-state index in [0.717, 1.165) is 31.7 Å². The van der Waals surface area contributed by atoms with Gasteiger partial charge in [-0.1, -0.05) is 71.6 Å². The molecule has 0 fully saturated rings. The molecule has 0 radical (unpaired) electrons. The second-order valence-corrected chi connectivity index (χ2v) is 9.49. The number of nitrogens with two attached hydrogens (primary N) is 1. The van der Waals surface area contributed by atoms with Crippen molar-refractivity contribution < 1.29 is 9.84 Å². The van der Waals surface area contributed by atoms with Crippen molar-refractivity contribution in [2.45, 2.75) is 28.9 Å². The number of benzene rings is 3. The molecule has 0 spiro atoms. The van der Waals surface area contributed by atoms with Crippen LogP contribution in [0, 0.1) is 0 Å². The van der Waals surface area contributed by atoms with Crippen LogP contribution in [-0.2, 0) is 12.1 Å². The molecule has 1 heterocycles. The summed E-state index contributed by atoms with van der Waals surface area (Å²) in [6, 6.07) is 26.4. The van der Waals surface area contributed by atoms with Crippen LogP contribution in [0.15, 0.2) is 88.7 Å². The highest BCUT2D eigenvalue weighted by Crippen LogP contribution is 2.33. The van der Waals surface area contributed by atoms with E-state index in [2.05, 4.69) is 46.6 Å². The van der Waals surface area contributed by atoms with Gasteiger partial charge in [0.25, 0.3) is 0 Å². The average molecular weight is 450 g/mol. The van der Waals surface area contributed by atoms with Crippen molar-refractivity contribution in [3.63, 3.8) is 0 Å². The molecule has 0 aliphatic rings. The van der Waals surface area contributed by atoms with Gasteiger partial charge in [0.05, 0.1) is 12.1 Å². The zero-order chi connectivity index (χ0) is 21.7. The van der Waals surface area contributed by atoms with E-state index in [0.29, 0.717) is 11.6 Å². The highest BCUT2D eigenvalue weighted by molar-refractivity contribution is 7.99. The third kappa shape index (κ3) is 5.51. The fourth-order valence-corrected chi connectivity index (χ4v) is 4.57. The SMILES string of the molecule is C[C@](N)(CO)c1nnc(-c2ccc(Sc3cccc(OCc4ccccc4)c3)cc2)s1. The molecule has 0 aliphatic heterocycles. The number of aliphatic hydroxyl groups excluding tert-OH is 1. The Morgan fingerprint density at radius 1 is 0.968 bits per heavy atom. The van der Waals surface area contributed by atoms with E-state index in [9.17, 15) is 5.11 Å². The summed E-state index contributed by atoms with van der Waals surface area (Å²) in [7, 11) is 0. The van der Waals surface area contributed by atoms with E-state index in [-0.39, 0.29) is 6.61 Å². The van der Waals surface area contributed by atoms with Crippen molar-refractivity contribution in [1.29, 1.82) is 0 Å². The lowest BCUT2D eigenvalue weighted by Crippen LogP contribution is -2.36. The van der Waals surface area contributed by atoms with Crippen molar-refractivity contribution >= 4 is 23.1 Å². The normalized spacial score (nSPS) is 13.0. The van der Waals surface area contributed by atoms with Crippen LogP contribution in [0.3, 0.4) is 0 Å². The molecule has 4 rings (SSSR count). The molecule has 0 aliphatic carbocycles. The molecule has 4 aromatic rings. The van der Waals surface area contributed by atoms with Crippen LogP contribution >= 0.6 is 23.1 Å². The minimum Gasteiger partial charge on any atom is -0.489 e. The maximum Gasteiger partial charge on any atom is 0.147 e. The van der Waals surface area contributed by atoms with E-state index in [1.165, 1.54) is 11.3 Å². The Balaban J connectivity index is 1.41. The first-order valence-corrected chi connectivity index (χ1v) is 11.5. The van der Waals surface area contributed by atoms with Crippen molar-refractivity contribution in [3.8, 4) is 16.3 Å². The summed E-state index contributed by atoms with van der Waals surface area (Å²) in [6.07, 6.45) is 0. The molecule has 3 N–H and O–H groups in total. The van der Waals surface area contributed by atoms with Gasteiger partial charge in [0, 0.05) is 15.4 Å². The Kier molecular flexibility index (Phi) is 6.67. The molecule has 0 amide bonds. The zero-order valence-electron chi connectivity index (χ0n) is 17.1. The second kappa shape index (κ2) is 9.62. The number of ether oxygens (including phenoxy) is 1. The van der Waals surface area contributed by atoms with Gasteiger partial charge in [-0.25, -0.2) is 0 Å². The highest BCUT2D eigenvalue weighted by atomic mass is 32.2. The molecular formula is C24H23N3O2S2. The van der Waals surface area contributed by atoms with Crippen LogP contribution in [0.25, 0.3) is 10.6 Å². The van der Waals surface area contributed by atoms with Crippen LogP contribution in [0.5, 0.6) is 5.75 Å². The first kappa shape index (κ1) is 21.5. The quantitative estimate of drug-likeness (QED) is 0.389. The fourth-order valence-electron chi connectivity index (χ4n) is 2.81. The van der Waals surface area contributed by atoms with Crippen LogP contribution < -0.4 is 10.5 Å². The molecule has 1 aromatic heterocycles. The molecule has 7 heteroatoms. The van der Waals surface area contributed by atoms with Crippen molar-refractivity contribution in [2.75, 3.05) is 6.61 Å². The molecule has 3 aromatic carbocycles. The molecule has 0 bridgehead atoms. The third-order valence-electron chi connectivity index (χ3n) is 4.63. The average Bonchev–Trinajstić information content (AvgIpc) is 3.31. The summed E-state index contributed by atoms with van der Waals surface area (Å²) in [6.45, 7) is 2.12. The fraction of sp³-hybridized carbons (Fsp3) is 0.167. The largest absolute Gasteiger partial charge is 0.489 e. The number of nitrogens with zero attached hydrogens (tertiary/aromatic N) is 2. The predicted molar refractivity (Wildman–Crippen MR) is 125 cm³/mol. The van der Waals surface area contributed by atoms with Gasteiger partial charge in [-0.15, -0.1) is 10.2 Å². The summed E-state index contributed by atoms with van der Waals surface area (Å²) < 4.78 is 5.93. The summed E-state index contributed by atoms with van der Waals surface area (Å²) in [4.78, 5) is 2.23. The molecule has 0 unspecified atom stereocenters. The number of aromatic nitrogens is 2. The monoisotopic (exact) mass is 449 g/mol. The molecule has 158 valence electrons. The number of hydrogen-bond donors (Lipinski definition) is 2. The van der Waals surface area contributed by atoms with Crippen LogP contribution in [0.1, 0.15) is 17.5 Å². The zero-order valence-corrected chi connectivity index (χ0v) is 18.7. The van der Waals surface area contributed by atoms with Gasteiger partial charge in [-0.05, 0) is 42.8 Å². The van der Waals surface area contributed by atoms with Gasteiger partial charge in [0.15, 0.2) is 0 Å². The van der Waals surface area contributed by atoms with Crippen molar-refractivity contribution in [1.82, 2.24) is 10.2 Å². The van der Waals surface area contributed by atoms with E-state index in [1.54, 1.807) is 18.7 Å². The molecule has 0 saturated carbocycles. The topological polar surface area (TPSA) is 81.3 Å². The van der Waals surface area contributed by atoms with Crippen molar-refractivity contribution in [2.24, 2.45) is 5.73 Å². The van der Waals surface area contributed by atoms with Gasteiger partial charge in [-0.3, -0.25) is 0 Å². The van der Waals surface area contributed by atoms with Crippen LogP contribution in [0.4, 0.5) is 0 Å². The lowest BCUT2D eigenvalue weighted by Gasteiger charge is -2.16. The van der Waals surface area contributed by atoms with E-state index in [1.807, 2.05) is 42.5 Å². The van der Waals surface area contributed by atoms with Gasteiger partial charge in [0.1, 0.15) is 22.4 Å². The van der Waals surface area contributed by atoms with E-state index < -0.39 is 5.54 Å². The lowest BCUT2D eigenvalue weighted by molar-refractivity contribution is 0.209. The maximum absolute atomic E-state index is 9.42. The van der Waals surface area contributed by atoms with Gasteiger partial charge < -0.3 is 15.6 Å². The van der Waals surface area contributed by atoms with Crippen LogP contribution in [-0.4, -0.2) is 21.9 Å². The predicted octanol–water partition coefficient (Wildman–Crippen LogP) is 5.10. The lowest BCUT2D eigenvalue weighted by atomic mass is 10.1. The number of aliphatic hydroxyl groups is 1. The van der Waals surface area contributed by atoms with Gasteiger partial charge >= 0.3 is 0 Å². The summed E-state index contributed by atoms with van der Waals surface area (Å²) in [5.41, 5.74) is 7.29. The van der Waals surface area contributed by atoms with E-state index >= 15 is 0 Å². The van der Waals surface area contributed by atoms with Crippen LogP contribution in [0.2, 0.25) is 0 Å². The second-order valence-electron chi connectivity index (χ2n) is 7.36. The summed E-state index contributed by atoms with van der Waals surface area (Å²) >= 11 is 3.08. The Bertz CT molecular complexity index is 1130. The Labute approximate surface area is 189 Å². The number of hydrogen-bond acceptors (Lipinski definition) is 7. The van der Waals surface area contributed by atoms with Crippen molar-refractivity contribution in [3.05, 3.63) is 89.4 Å². The Hall–Kier alpha value is -2.71. The molecule has 31 heavy (non-hydrogen) atoms. The molecule has 1 atom stereocenters. The third-order valence-corrected chi connectivity index (χ3v) is 6.88. The summed E-state index contributed by atoms with van der Waals surface area (Å²) in [5.74, 6) is 0.848. The Morgan fingerprint density at radius 3 is 2.48 bits per heavy atom.